The van der Waals surface area contributed by atoms with Gasteiger partial charge in [0.2, 0.25) is 11.9 Å². The molecule has 0 bridgehead atoms. The quantitative estimate of drug-likeness (QED) is 0.655. The predicted molar refractivity (Wildman–Crippen MR) is 133 cm³/mol. The lowest BCUT2D eigenvalue weighted by Gasteiger charge is -2.42. The Labute approximate surface area is 203 Å². The van der Waals surface area contributed by atoms with Crippen LogP contribution in [0, 0.1) is 0 Å². The molecule has 0 aliphatic carbocycles. The molecule has 1 atom stereocenters. The highest BCUT2D eigenvalue weighted by atomic mass is 16.5. The summed E-state index contributed by atoms with van der Waals surface area (Å²) in [5, 5.41) is 0. The van der Waals surface area contributed by atoms with Gasteiger partial charge >= 0.3 is 0 Å². The Morgan fingerprint density at radius 3 is 2.65 bits per heavy atom. The van der Waals surface area contributed by atoms with Crippen molar-refractivity contribution in [2.75, 3.05) is 50.8 Å². The van der Waals surface area contributed by atoms with E-state index in [0.717, 1.165) is 76.6 Å². The molecule has 3 aliphatic rings. The lowest BCUT2D eigenvalue weighted by Crippen LogP contribution is -2.55. The van der Waals surface area contributed by atoms with Crippen LogP contribution < -0.4 is 4.90 Å². The number of piperidine rings is 1. The van der Waals surface area contributed by atoms with E-state index in [9.17, 15) is 4.79 Å². The lowest BCUT2D eigenvalue weighted by atomic mass is 9.92. The number of likely N-dealkylation sites (tertiary alicyclic amines) is 1. The summed E-state index contributed by atoms with van der Waals surface area (Å²) >= 11 is 0. The SMILES string of the molecule is O=C1CO[C@]2(CCCN(Cc3ccnc(N4CCCCC4)n3)CC2)CN1CCc1ccccc1. The lowest BCUT2D eigenvalue weighted by molar-refractivity contribution is -0.165. The third-order valence-corrected chi connectivity index (χ3v) is 7.56. The van der Waals surface area contributed by atoms with E-state index in [1.54, 1.807) is 0 Å². The van der Waals surface area contributed by atoms with E-state index < -0.39 is 0 Å². The molecular weight excluding hydrogens is 426 g/mol. The Hall–Kier alpha value is -2.51. The van der Waals surface area contributed by atoms with E-state index in [0.29, 0.717) is 6.54 Å². The van der Waals surface area contributed by atoms with Gasteiger partial charge in [0, 0.05) is 45.5 Å². The highest BCUT2D eigenvalue weighted by Gasteiger charge is 2.40. The molecule has 3 fully saturated rings. The minimum Gasteiger partial charge on any atom is -0.363 e. The third-order valence-electron chi connectivity index (χ3n) is 7.56. The number of amides is 1. The summed E-state index contributed by atoms with van der Waals surface area (Å²) in [6, 6.07) is 12.5. The van der Waals surface area contributed by atoms with Crippen molar-refractivity contribution < 1.29 is 9.53 Å². The Kier molecular flexibility index (Phi) is 7.40. The standard InChI is InChI=1S/C27H37N5O2/c33-25-21-34-27(22-32(25)18-11-23-8-3-1-4-9-23)12-7-15-30(19-13-27)20-24-10-14-28-26(29-24)31-16-5-2-6-17-31/h1,3-4,8-10,14H,2,5-7,11-13,15-22H2/t27-/m0/s1. The fraction of sp³-hybridized carbons (Fsp3) is 0.593. The van der Waals surface area contributed by atoms with E-state index in [1.165, 1.54) is 24.8 Å². The van der Waals surface area contributed by atoms with Gasteiger partial charge in [-0.3, -0.25) is 9.69 Å². The van der Waals surface area contributed by atoms with E-state index in [-0.39, 0.29) is 18.1 Å². The third kappa shape index (κ3) is 5.76. The number of ether oxygens (including phenoxy) is 1. The molecule has 4 heterocycles. The molecule has 0 radical (unpaired) electrons. The Morgan fingerprint density at radius 2 is 1.79 bits per heavy atom. The van der Waals surface area contributed by atoms with Crippen molar-refractivity contribution in [1.29, 1.82) is 0 Å². The van der Waals surface area contributed by atoms with Crippen LogP contribution in [0.15, 0.2) is 42.6 Å². The van der Waals surface area contributed by atoms with Crippen molar-refractivity contribution in [3.05, 3.63) is 53.9 Å². The largest absolute Gasteiger partial charge is 0.363 e. The van der Waals surface area contributed by atoms with Gasteiger partial charge in [0.15, 0.2) is 0 Å². The molecule has 0 saturated carbocycles. The maximum absolute atomic E-state index is 12.6. The van der Waals surface area contributed by atoms with Crippen molar-refractivity contribution in [1.82, 2.24) is 19.8 Å². The topological polar surface area (TPSA) is 61.8 Å². The van der Waals surface area contributed by atoms with Crippen molar-refractivity contribution in [2.45, 2.75) is 57.1 Å². The Balaban J connectivity index is 1.17. The number of hydrogen-bond donors (Lipinski definition) is 0. The minimum atomic E-state index is -0.218. The van der Waals surface area contributed by atoms with Gasteiger partial charge in [-0.2, -0.15) is 0 Å². The summed E-state index contributed by atoms with van der Waals surface area (Å²) in [6.45, 7) is 6.64. The number of nitrogens with zero attached hydrogens (tertiary/aromatic N) is 5. The van der Waals surface area contributed by atoms with Crippen molar-refractivity contribution in [3.63, 3.8) is 0 Å². The fourth-order valence-electron chi connectivity index (χ4n) is 5.53. The average molecular weight is 464 g/mol. The molecule has 1 aromatic carbocycles. The molecule has 1 aromatic heterocycles. The summed E-state index contributed by atoms with van der Waals surface area (Å²) in [6.07, 6.45) is 9.59. The van der Waals surface area contributed by atoms with Gasteiger partial charge in [0.1, 0.15) is 6.61 Å². The monoisotopic (exact) mass is 463 g/mol. The molecule has 1 spiro atoms. The number of carbonyl (C=O) groups is 1. The van der Waals surface area contributed by atoms with Crippen LogP contribution in [0.1, 0.15) is 49.8 Å². The Morgan fingerprint density at radius 1 is 0.941 bits per heavy atom. The number of carbonyl (C=O) groups excluding carboxylic acids is 1. The van der Waals surface area contributed by atoms with Crippen molar-refractivity contribution in [2.24, 2.45) is 0 Å². The van der Waals surface area contributed by atoms with Gasteiger partial charge in [-0.15, -0.1) is 0 Å². The summed E-state index contributed by atoms with van der Waals surface area (Å²) in [4.78, 5) is 28.8. The van der Waals surface area contributed by atoms with Crippen LogP contribution in [0.4, 0.5) is 5.95 Å². The number of morpholine rings is 1. The molecule has 0 unspecified atom stereocenters. The zero-order valence-corrected chi connectivity index (χ0v) is 20.2. The first-order valence-corrected chi connectivity index (χ1v) is 12.9. The second-order valence-corrected chi connectivity index (χ2v) is 10.0. The van der Waals surface area contributed by atoms with Crippen LogP contribution in [-0.2, 0) is 22.5 Å². The maximum atomic E-state index is 12.6. The Bertz CT molecular complexity index is 949. The summed E-state index contributed by atoms with van der Waals surface area (Å²) in [5.41, 5.74) is 2.15. The number of hydrogen-bond acceptors (Lipinski definition) is 6. The van der Waals surface area contributed by atoms with Crippen LogP contribution in [0.25, 0.3) is 0 Å². The molecule has 1 amide bonds. The number of rotatable bonds is 6. The van der Waals surface area contributed by atoms with E-state index in [4.69, 9.17) is 9.72 Å². The molecule has 5 rings (SSSR count). The summed E-state index contributed by atoms with van der Waals surface area (Å²) < 4.78 is 6.23. The molecule has 7 heteroatoms. The zero-order valence-electron chi connectivity index (χ0n) is 20.2. The number of aromatic nitrogens is 2. The zero-order chi connectivity index (χ0) is 23.2. The van der Waals surface area contributed by atoms with Gasteiger partial charge in [-0.05, 0) is 63.1 Å². The summed E-state index contributed by atoms with van der Waals surface area (Å²) in [7, 11) is 0. The van der Waals surface area contributed by atoms with Crippen LogP contribution in [0.5, 0.6) is 0 Å². The fourth-order valence-corrected chi connectivity index (χ4v) is 5.53. The normalized spacial score (nSPS) is 24.4. The number of anilines is 1. The molecule has 7 nitrogen and oxygen atoms in total. The smallest absolute Gasteiger partial charge is 0.248 e. The van der Waals surface area contributed by atoms with Crippen LogP contribution in [-0.4, -0.2) is 77.2 Å². The first kappa shape index (κ1) is 23.2. The molecule has 3 aliphatic heterocycles. The van der Waals surface area contributed by atoms with Crippen molar-refractivity contribution in [3.8, 4) is 0 Å². The van der Waals surface area contributed by atoms with E-state index in [2.05, 4.69) is 45.1 Å². The molecule has 34 heavy (non-hydrogen) atoms. The molecule has 182 valence electrons. The van der Waals surface area contributed by atoms with Crippen molar-refractivity contribution >= 4 is 11.9 Å². The van der Waals surface area contributed by atoms with Gasteiger partial charge in [0.05, 0.1) is 11.3 Å². The number of benzene rings is 1. The van der Waals surface area contributed by atoms with E-state index in [1.807, 2.05) is 17.2 Å². The second kappa shape index (κ2) is 10.8. The highest BCUT2D eigenvalue weighted by molar-refractivity contribution is 5.78. The van der Waals surface area contributed by atoms with Gasteiger partial charge in [-0.25, -0.2) is 9.97 Å². The van der Waals surface area contributed by atoms with Gasteiger partial charge < -0.3 is 14.5 Å². The second-order valence-electron chi connectivity index (χ2n) is 10.0. The van der Waals surface area contributed by atoms with E-state index >= 15 is 0 Å². The maximum Gasteiger partial charge on any atom is 0.248 e. The van der Waals surface area contributed by atoms with Crippen LogP contribution in [0.2, 0.25) is 0 Å². The first-order chi connectivity index (χ1) is 16.7. The molecule has 0 N–H and O–H groups in total. The predicted octanol–water partition coefficient (Wildman–Crippen LogP) is 3.29. The molecule has 3 saturated heterocycles. The van der Waals surface area contributed by atoms with Gasteiger partial charge in [0.25, 0.3) is 0 Å². The van der Waals surface area contributed by atoms with Crippen LogP contribution in [0.3, 0.4) is 0 Å². The van der Waals surface area contributed by atoms with Gasteiger partial charge in [-0.1, -0.05) is 30.3 Å². The summed E-state index contributed by atoms with van der Waals surface area (Å²) in [5.74, 6) is 1.00. The molecular formula is C27H37N5O2. The average Bonchev–Trinajstić information content (AvgIpc) is 3.08. The minimum absolute atomic E-state index is 0.119. The van der Waals surface area contributed by atoms with Crippen LogP contribution >= 0.6 is 0 Å². The highest BCUT2D eigenvalue weighted by Crippen LogP contribution is 2.31. The molecule has 2 aromatic rings. The first-order valence-electron chi connectivity index (χ1n) is 12.9.